The summed E-state index contributed by atoms with van der Waals surface area (Å²) in [6.07, 6.45) is 30.0. The highest BCUT2D eigenvalue weighted by Crippen LogP contribution is 2.38. The van der Waals surface area contributed by atoms with Crippen molar-refractivity contribution in [3.8, 4) is 12.3 Å². The fourth-order valence-corrected chi connectivity index (χ4v) is 3.85. The van der Waals surface area contributed by atoms with Gasteiger partial charge in [0, 0.05) is 37.6 Å². The minimum atomic E-state index is 0.102. The Labute approximate surface area is 165 Å². The molecule has 4 unspecified atom stereocenters. The van der Waals surface area contributed by atoms with Crippen molar-refractivity contribution in [1.29, 1.82) is 0 Å². The Kier molecular flexibility index (Phi) is 8.30. The summed E-state index contributed by atoms with van der Waals surface area (Å²) in [7, 11) is 1.77. The minimum absolute atomic E-state index is 0.102. The zero-order valence-electron chi connectivity index (χ0n) is 16.8. The lowest BCUT2D eigenvalue weighted by atomic mass is 9.73. The highest BCUT2D eigenvalue weighted by molar-refractivity contribution is 5.77. The Morgan fingerprint density at radius 1 is 1.30 bits per heavy atom. The summed E-state index contributed by atoms with van der Waals surface area (Å²) >= 11 is 0. The predicted molar refractivity (Wildman–Crippen MR) is 119 cm³/mol. The van der Waals surface area contributed by atoms with Crippen LogP contribution < -0.4 is 5.73 Å². The van der Waals surface area contributed by atoms with Gasteiger partial charge in [0.05, 0.1) is 0 Å². The molecule has 4 atom stereocenters. The molecule has 142 valence electrons. The summed E-state index contributed by atoms with van der Waals surface area (Å²) in [5, 5.41) is 0. The van der Waals surface area contributed by atoms with E-state index in [1.165, 1.54) is 24.0 Å². The van der Waals surface area contributed by atoms with Gasteiger partial charge in [0.1, 0.15) is 0 Å². The molecule has 0 amide bonds. The minimum Gasteiger partial charge on any atom is -0.324 e. The third kappa shape index (κ3) is 6.08. The highest BCUT2D eigenvalue weighted by Gasteiger charge is 2.26. The van der Waals surface area contributed by atoms with Gasteiger partial charge < -0.3 is 5.73 Å². The van der Waals surface area contributed by atoms with E-state index >= 15 is 0 Å². The van der Waals surface area contributed by atoms with E-state index in [2.05, 4.69) is 54.3 Å². The van der Waals surface area contributed by atoms with Crippen LogP contribution in [0.2, 0.25) is 0 Å². The Bertz CT molecular complexity index is 750. The quantitative estimate of drug-likeness (QED) is 0.420. The van der Waals surface area contributed by atoms with Crippen molar-refractivity contribution in [2.24, 2.45) is 28.5 Å². The SMILES string of the molecule is C#CCC1=C(C)C=CC2C=CCCC12.CN=C/C(C)=C/C1C=CC=CC1N. The fraction of sp³-hybridized carbons (Fsp3) is 0.400. The molecule has 0 aromatic carbocycles. The Morgan fingerprint density at radius 3 is 2.78 bits per heavy atom. The first-order valence-corrected chi connectivity index (χ1v) is 9.76. The van der Waals surface area contributed by atoms with E-state index in [-0.39, 0.29) is 6.04 Å². The molecule has 0 aliphatic heterocycles. The molecule has 0 saturated carbocycles. The van der Waals surface area contributed by atoms with Crippen LogP contribution >= 0.6 is 0 Å². The van der Waals surface area contributed by atoms with Crippen LogP contribution in [0.1, 0.15) is 33.1 Å². The molecule has 2 N–H and O–H groups in total. The summed E-state index contributed by atoms with van der Waals surface area (Å²) in [6, 6.07) is 0.102. The van der Waals surface area contributed by atoms with E-state index in [0.717, 1.165) is 12.0 Å². The summed E-state index contributed by atoms with van der Waals surface area (Å²) < 4.78 is 0. The molecule has 0 heterocycles. The molecule has 0 aromatic heterocycles. The van der Waals surface area contributed by atoms with E-state index in [4.69, 9.17) is 12.2 Å². The molecule has 0 fully saturated rings. The van der Waals surface area contributed by atoms with Gasteiger partial charge in [-0.05, 0) is 38.2 Å². The van der Waals surface area contributed by atoms with E-state index in [9.17, 15) is 0 Å². The second kappa shape index (κ2) is 10.7. The first-order chi connectivity index (χ1) is 13.1. The van der Waals surface area contributed by atoms with Crippen LogP contribution in [0.15, 0.2) is 76.4 Å². The number of nitrogens with zero attached hydrogens (tertiary/aromatic N) is 1. The topological polar surface area (TPSA) is 38.4 Å². The molecule has 3 aliphatic rings. The molecular weight excluding hydrogens is 328 g/mol. The predicted octanol–water partition coefficient (Wildman–Crippen LogP) is 5.18. The van der Waals surface area contributed by atoms with Crippen LogP contribution in [0, 0.1) is 30.1 Å². The number of fused-ring (bicyclic) bond motifs is 1. The molecule has 0 radical (unpaired) electrons. The normalized spacial score (nSPS) is 29.4. The van der Waals surface area contributed by atoms with Crippen molar-refractivity contribution in [2.45, 2.75) is 39.2 Å². The number of hydrogen-bond acceptors (Lipinski definition) is 2. The zero-order chi connectivity index (χ0) is 19.6. The van der Waals surface area contributed by atoms with Crippen molar-refractivity contribution in [2.75, 3.05) is 7.05 Å². The van der Waals surface area contributed by atoms with Gasteiger partial charge >= 0.3 is 0 Å². The lowest BCUT2D eigenvalue weighted by molar-refractivity contribution is 0.456. The van der Waals surface area contributed by atoms with E-state index < -0.39 is 0 Å². The molecule has 3 rings (SSSR count). The summed E-state index contributed by atoms with van der Waals surface area (Å²) in [5.41, 5.74) is 9.93. The number of rotatable bonds is 3. The van der Waals surface area contributed by atoms with Crippen LogP contribution in [0.5, 0.6) is 0 Å². The monoisotopic (exact) mass is 360 g/mol. The van der Waals surface area contributed by atoms with Crippen LogP contribution in [0.3, 0.4) is 0 Å². The second-order valence-electron chi connectivity index (χ2n) is 7.36. The molecule has 0 aromatic rings. The van der Waals surface area contributed by atoms with Crippen LogP contribution in [0.4, 0.5) is 0 Å². The van der Waals surface area contributed by atoms with Gasteiger partial charge in [-0.3, -0.25) is 4.99 Å². The van der Waals surface area contributed by atoms with Crippen LogP contribution in [0.25, 0.3) is 0 Å². The molecule has 0 bridgehead atoms. The Balaban J connectivity index is 0.000000194. The number of nitrogens with two attached hydrogens (primary N) is 1. The van der Waals surface area contributed by atoms with Crippen molar-refractivity contribution in [3.05, 3.63) is 71.4 Å². The lowest BCUT2D eigenvalue weighted by Gasteiger charge is -2.31. The molecule has 27 heavy (non-hydrogen) atoms. The van der Waals surface area contributed by atoms with Gasteiger partial charge in [-0.1, -0.05) is 65.8 Å². The van der Waals surface area contributed by atoms with E-state index in [1.54, 1.807) is 7.05 Å². The van der Waals surface area contributed by atoms with Gasteiger partial charge in [-0.2, -0.15) is 0 Å². The number of hydrogen-bond donors (Lipinski definition) is 1. The molecule has 0 spiro atoms. The fourth-order valence-electron chi connectivity index (χ4n) is 3.85. The maximum atomic E-state index is 5.90. The van der Waals surface area contributed by atoms with Crippen LogP contribution in [-0.4, -0.2) is 19.3 Å². The summed E-state index contributed by atoms with van der Waals surface area (Å²) in [5.74, 6) is 4.38. The molecule has 0 saturated heterocycles. The van der Waals surface area contributed by atoms with Gasteiger partial charge in [0.25, 0.3) is 0 Å². The average molecular weight is 361 g/mol. The van der Waals surface area contributed by atoms with Gasteiger partial charge in [-0.15, -0.1) is 12.3 Å². The van der Waals surface area contributed by atoms with Crippen LogP contribution in [-0.2, 0) is 0 Å². The number of aliphatic imine (C=N–C) groups is 1. The summed E-state index contributed by atoms with van der Waals surface area (Å²) in [6.45, 7) is 4.21. The molecular formula is C25H32N2. The number of allylic oxidation sites excluding steroid dienone is 9. The van der Waals surface area contributed by atoms with Crippen molar-refractivity contribution in [3.63, 3.8) is 0 Å². The van der Waals surface area contributed by atoms with E-state index in [1.807, 2.05) is 31.4 Å². The Morgan fingerprint density at radius 2 is 2.07 bits per heavy atom. The first kappa shape index (κ1) is 20.9. The maximum Gasteiger partial charge on any atom is 0.0326 e. The van der Waals surface area contributed by atoms with Gasteiger partial charge in [0.15, 0.2) is 0 Å². The Hall–Kier alpha value is -2.37. The van der Waals surface area contributed by atoms with Crippen molar-refractivity contribution >= 4 is 6.21 Å². The second-order valence-corrected chi connectivity index (χ2v) is 7.36. The van der Waals surface area contributed by atoms with Gasteiger partial charge in [-0.25, -0.2) is 0 Å². The maximum absolute atomic E-state index is 5.90. The molecule has 3 aliphatic carbocycles. The lowest BCUT2D eigenvalue weighted by Crippen LogP contribution is -2.26. The smallest absolute Gasteiger partial charge is 0.0326 e. The third-order valence-electron chi connectivity index (χ3n) is 5.29. The summed E-state index contributed by atoms with van der Waals surface area (Å²) in [4.78, 5) is 3.95. The highest BCUT2D eigenvalue weighted by atomic mass is 14.6. The van der Waals surface area contributed by atoms with Crippen molar-refractivity contribution < 1.29 is 0 Å². The van der Waals surface area contributed by atoms with Crippen molar-refractivity contribution in [1.82, 2.24) is 0 Å². The first-order valence-electron chi connectivity index (χ1n) is 9.76. The standard InChI is InChI=1S/C14H16.C11H16N2/c1-3-6-13-11(2)9-10-12-7-4-5-8-14(12)13;1-9(8-13-2)7-10-5-3-4-6-11(10)12/h1,4,7,9-10,12,14H,5-6,8H2,2H3;3-8,10-11H,12H2,1-2H3/b;9-7+,13-8?. The zero-order valence-corrected chi connectivity index (χ0v) is 16.8. The van der Waals surface area contributed by atoms with E-state index in [0.29, 0.717) is 17.8 Å². The largest absolute Gasteiger partial charge is 0.324 e. The average Bonchev–Trinajstić information content (AvgIpc) is 2.67. The third-order valence-corrected chi connectivity index (χ3v) is 5.29. The number of terminal acetylenes is 1. The molecule has 2 heteroatoms. The molecule has 2 nitrogen and oxygen atoms in total. The van der Waals surface area contributed by atoms with Gasteiger partial charge in [0.2, 0.25) is 0 Å².